The summed E-state index contributed by atoms with van der Waals surface area (Å²) in [5.74, 6) is -0.903. The summed E-state index contributed by atoms with van der Waals surface area (Å²) in [4.78, 5) is 10.7. The molecule has 15 heavy (non-hydrogen) atoms. The molecule has 0 amide bonds. The molecule has 0 aromatic heterocycles. The Labute approximate surface area is 97.1 Å². The van der Waals surface area contributed by atoms with Crippen LogP contribution in [0, 0.1) is 0 Å². The predicted octanol–water partition coefficient (Wildman–Crippen LogP) is 3.19. The topological polar surface area (TPSA) is 37.3 Å². The minimum Gasteiger partial charge on any atom is -0.478 e. The van der Waals surface area contributed by atoms with E-state index < -0.39 is 5.97 Å². The average Bonchev–Trinajstić information content (AvgIpc) is 2.26. The van der Waals surface area contributed by atoms with Crippen LogP contribution in [0.5, 0.6) is 0 Å². The maximum absolute atomic E-state index is 10.7. The van der Waals surface area contributed by atoms with Gasteiger partial charge in [-0.1, -0.05) is 52.9 Å². The van der Waals surface area contributed by atoms with E-state index in [2.05, 4.69) is 22.5 Å². The second-order valence-corrected chi connectivity index (χ2v) is 3.54. The van der Waals surface area contributed by atoms with Crippen LogP contribution in [0.15, 0.2) is 36.4 Å². The van der Waals surface area contributed by atoms with E-state index in [0.29, 0.717) is 10.9 Å². The largest absolute Gasteiger partial charge is 0.478 e. The van der Waals surface area contributed by atoms with Crippen LogP contribution in [-0.2, 0) is 4.79 Å². The predicted molar refractivity (Wildman–Crippen MR) is 65.9 cm³/mol. The zero-order valence-corrected chi connectivity index (χ0v) is 9.70. The first-order chi connectivity index (χ1) is 7.17. The van der Waals surface area contributed by atoms with Gasteiger partial charge in [-0.05, 0) is 17.2 Å². The molecule has 3 heteroatoms. The van der Waals surface area contributed by atoms with Gasteiger partial charge in [0.15, 0.2) is 0 Å². The van der Waals surface area contributed by atoms with Gasteiger partial charge in [-0.25, -0.2) is 4.79 Å². The maximum Gasteiger partial charge on any atom is 0.332 e. The lowest BCUT2D eigenvalue weighted by Crippen LogP contribution is -2.00. The van der Waals surface area contributed by atoms with Gasteiger partial charge >= 0.3 is 5.97 Å². The molecule has 0 fully saturated rings. The number of hydrogen-bond donors (Lipinski definition) is 1. The molecule has 0 radical (unpaired) electrons. The van der Waals surface area contributed by atoms with E-state index in [-0.39, 0.29) is 0 Å². The average molecular weight is 267 g/mol. The highest BCUT2D eigenvalue weighted by atomic mass is 79.9. The van der Waals surface area contributed by atoms with Gasteiger partial charge in [0.1, 0.15) is 0 Å². The molecule has 0 aliphatic rings. The first-order valence-electron chi connectivity index (χ1n) is 4.39. The van der Waals surface area contributed by atoms with Crippen molar-refractivity contribution in [2.45, 2.75) is 0 Å². The van der Waals surface area contributed by atoms with Gasteiger partial charge in [0.2, 0.25) is 0 Å². The lowest BCUT2D eigenvalue weighted by molar-refractivity contribution is -0.132. The highest BCUT2D eigenvalue weighted by Gasteiger charge is 2.04. The molecule has 0 saturated carbocycles. The molecule has 0 aliphatic carbocycles. The van der Waals surface area contributed by atoms with Crippen molar-refractivity contribution in [1.29, 1.82) is 0 Å². The van der Waals surface area contributed by atoms with Gasteiger partial charge in [0.25, 0.3) is 0 Å². The van der Waals surface area contributed by atoms with E-state index in [1.807, 2.05) is 24.3 Å². The summed E-state index contributed by atoms with van der Waals surface area (Å²) in [5, 5.41) is 9.16. The molecule has 1 N–H and O–H groups in total. The summed E-state index contributed by atoms with van der Waals surface area (Å²) in [5.41, 5.74) is 2.22. The number of carbonyl (C=O) groups is 1. The monoisotopic (exact) mass is 266 g/mol. The zero-order valence-electron chi connectivity index (χ0n) is 8.11. The summed E-state index contributed by atoms with van der Waals surface area (Å²) in [7, 11) is 0. The molecule has 0 unspecified atom stereocenters. The number of alkyl halides is 1. The number of carboxylic acids is 1. The molecule has 0 bridgehead atoms. The Kier molecular flexibility index (Phi) is 4.31. The second-order valence-electron chi connectivity index (χ2n) is 2.98. The molecule has 1 rings (SSSR count). The van der Waals surface area contributed by atoms with E-state index in [9.17, 15) is 4.79 Å². The molecule has 0 heterocycles. The highest BCUT2D eigenvalue weighted by molar-refractivity contribution is 9.09. The molecule has 0 aliphatic heterocycles. The Balaban J connectivity index is 2.96. The number of rotatable bonds is 4. The molecule has 78 valence electrons. The van der Waals surface area contributed by atoms with Crippen molar-refractivity contribution < 1.29 is 9.90 Å². The quantitative estimate of drug-likeness (QED) is 0.672. The van der Waals surface area contributed by atoms with Crippen LogP contribution in [0.4, 0.5) is 0 Å². The summed E-state index contributed by atoms with van der Waals surface area (Å²) >= 11 is 3.14. The fourth-order valence-electron chi connectivity index (χ4n) is 1.09. The Hall–Kier alpha value is -1.35. The summed E-state index contributed by atoms with van der Waals surface area (Å²) < 4.78 is 0. The lowest BCUT2D eigenvalue weighted by atomic mass is 10.1. The molecule has 1 aromatic rings. The number of halogens is 1. The maximum atomic E-state index is 10.7. The fourth-order valence-corrected chi connectivity index (χ4v) is 1.49. The highest BCUT2D eigenvalue weighted by Crippen LogP contribution is 2.11. The molecule has 0 atom stereocenters. The molecule has 2 nitrogen and oxygen atoms in total. The smallest absolute Gasteiger partial charge is 0.332 e. The fraction of sp³-hybridized carbons (Fsp3) is 0.0833. The van der Waals surface area contributed by atoms with Crippen molar-refractivity contribution in [2.24, 2.45) is 0 Å². The standard InChI is InChI=1S/C12H11BrO2/c1-2-9-3-5-10(6-4-9)7-11(8-13)12(14)15/h2-7H,1,8H2,(H,14,15). The first kappa shape index (κ1) is 11.7. The van der Waals surface area contributed by atoms with Gasteiger partial charge in [0.05, 0.1) is 0 Å². The normalized spacial score (nSPS) is 11.1. The number of aliphatic carboxylic acids is 1. The van der Waals surface area contributed by atoms with Crippen molar-refractivity contribution in [1.82, 2.24) is 0 Å². The van der Waals surface area contributed by atoms with Gasteiger partial charge in [0, 0.05) is 10.9 Å². The molecular weight excluding hydrogens is 256 g/mol. The van der Waals surface area contributed by atoms with Gasteiger partial charge in [-0.3, -0.25) is 0 Å². The number of carboxylic acid groups (broad SMARTS) is 1. The van der Waals surface area contributed by atoms with Crippen LogP contribution in [-0.4, -0.2) is 16.4 Å². The van der Waals surface area contributed by atoms with E-state index >= 15 is 0 Å². The Morgan fingerprint density at radius 2 is 1.87 bits per heavy atom. The SMILES string of the molecule is C=Cc1ccc(C=C(CBr)C(=O)O)cc1. The van der Waals surface area contributed by atoms with E-state index in [0.717, 1.165) is 11.1 Å². The summed E-state index contributed by atoms with van der Waals surface area (Å²) in [6.45, 7) is 3.65. The third-order valence-electron chi connectivity index (χ3n) is 1.93. The van der Waals surface area contributed by atoms with Crippen LogP contribution in [0.3, 0.4) is 0 Å². The number of hydrogen-bond acceptors (Lipinski definition) is 1. The van der Waals surface area contributed by atoms with Crippen molar-refractivity contribution in [3.8, 4) is 0 Å². The Bertz CT molecular complexity index is 391. The number of benzene rings is 1. The first-order valence-corrected chi connectivity index (χ1v) is 5.52. The van der Waals surface area contributed by atoms with E-state index in [4.69, 9.17) is 5.11 Å². The van der Waals surface area contributed by atoms with Gasteiger partial charge in [-0.2, -0.15) is 0 Å². The Morgan fingerprint density at radius 1 is 1.33 bits per heavy atom. The van der Waals surface area contributed by atoms with Crippen molar-refractivity contribution in [3.63, 3.8) is 0 Å². The third kappa shape index (κ3) is 3.36. The van der Waals surface area contributed by atoms with Gasteiger partial charge < -0.3 is 5.11 Å². The minimum atomic E-state index is -0.903. The van der Waals surface area contributed by atoms with Crippen LogP contribution in [0.25, 0.3) is 12.2 Å². The van der Waals surface area contributed by atoms with Crippen LogP contribution in [0.2, 0.25) is 0 Å². The van der Waals surface area contributed by atoms with E-state index in [1.165, 1.54) is 0 Å². The van der Waals surface area contributed by atoms with Crippen LogP contribution in [0.1, 0.15) is 11.1 Å². The second kappa shape index (κ2) is 5.51. The third-order valence-corrected chi connectivity index (χ3v) is 2.54. The van der Waals surface area contributed by atoms with Crippen LogP contribution >= 0.6 is 15.9 Å². The zero-order chi connectivity index (χ0) is 11.3. The van der Waals surface area contributed by atoms with Crippen molar-refractivity contribution in [3.05, 3.63) is 47.5 Å². The molecular formula is C12H11BrO2. The summed E-state index contributed by atoms with van der Waals surface area (Å²) in [6.07, 6.45) is 3.39. The van der Waals surface area contributed by atoms with Crippen molar-refractivity contribution >= 4 is 34.1 Å². The molecule has 0 saturated heterocycles. The minimum absolute atomic E-state index is 0.335. The molecule has 0 spiro atoms. The Morgan fingerprint density at radius 3 is 2.27 bits per heavy atom. The van der Waals surface area contributed by atoms with Gasteiger partial charge in [-0.15, -0.1) is 0 Å². The van der Waals surface area contributed by atoms with E-state index in [1.54, 1.807) is 12.2 Å². The lowest BCUT2D eigenvalue weighted by Gasteiger charge is -1.98. The summed E-state index contributed by atoms with van der Waals surface area (Å²) in [6, 6.07) is 7.52. The molecule has 1 aromatic carbocycles. The van der Waals surface area contributed by atoms with Crippen LogP contribution < -0.4 is 0 Å². The van der Waals surface area contributed by atoms with Crippen molar-refractivity contribution in [2.75, 3.05) is 5.33 Å².